The Balaban J connectivity index is 2.40. The molecule has 6 heteroatoms. The number of hydrogen-bond donors (Lipinski definition) is 1. The number of nitriles is 1. The number of nitrogens with one attached hydrogen (secondary N) is 1. The Kier molecular flexibility index (Phi) is 3.61. The summed E-state index contributed by atoms with van der Waals surface area (Å²) in [7, 11) is 0. The zero-order valence-electron chi connectivity index (χ0n) is 10.0. The van der Waals surface area contributed by atoms with Crippen molar-refractivity contribution in [3.8, 4) is 6.07 Å². The average molecular weight is 280 g/mol. The Morgan fingerprint density at radius 3 is 2.35 bits per heavy atom. The smallest absolute Gasteiger partial charge is 0.353 e. The van der Waals surface area contributed by atoms with Gasteiger partial charge in [-0.2, -0.15) is 18.4 Å². The molecule has 0 unspecified atom stereocenters. The summed E-state index contributed by atoms with van der Waals surface area (Å²) in [4.78, 5) is 0. The van der Waals surface area contributed by atoms with Gasteiger partial charge in [0.2, 0.25) is 0 Å². The molecule has 1 N–H and O–H groups in total. The third kappa shape index (κ3) is 2.88. The van der Waals surface area contributed by atoms with Gasteiger partial charge in [-0.1, -0.05) is 12.1 Å². The topological polar surface area (TPSA) is 35.8 Å². The van der Waals surface area contributed by atoms with Gasteiger partial charge in [0.05, 0.1) is 22.9 Å². The summed E-state index contributed by atoms with van der Waals surface area (Å²) in [5.41, 5.74) is -1.41. The minimum Gasteiger partial charge on any atom is -0.353 e. The number of benzene rings is 2. The number of alkyl halides is 3. The molecule has 0 aliphatic carbocycles. The van der Waals surface area contributed by atoms with E-state index < -0.39 is 23.1 Å². The lowest BCUT2D eigenvalue weighted by Crippen LogP contribution is -2.08. The third-order valence-corrected chi connectivity index (χ3v) is 2.60. The highest BCUT2D eigenvalue weighted by molar-refractivity contribution is 5.62. The van der Waals surface area contributed by atoms with Gasteiger partial charge in [-0.3, -0.25) is 0 Å². The first kappa shape index (κ1) is 13.9. The van der Waals surface area contributed by atoms with Gasteiger partial charge in [-0.25, -0.2) is 4.39 Å². The van der Waals surface area contributed by atoms with E-state index in [4.69, 9.17) is 5.26 Å². The van der Waals surface area contributed by atoms with Crippen LogP contribution in [-0.4, -0.2) is 0 Å². The molecule has 0 amide bonds. The van der Waals surface area contributed by atoms with Crippen molar-refractivity contribution in [3.63, 3.8) is 0 Å². The lowest BCUT2D eigenvalue weighted by Gasteiger charge is -2.12. The lowest BCUT2D eigenvalue weighted by molar-refractivity contribution is -0.137. The second-order valence-electron chi connectivity index (χ2n) is 3.97. The van der Waals surface area contributed by atoms with E-state index in [1.165, 1.54) is 30.3 Å². The molecule has 2 aromatic rings. The van der Waals surface area contributed by atoms with E-state index in [0.29, 0.717) is 0 Å². The van der Waals surface area contributed by atoms with Crippen LogP contribution in [0, 0.1) is 17.1 Å². The van der Waals surface area contributed by atoms with E-state index in [-0.39, 0.29) is 11.4 Å². The SMILES string of the molecule is N#Cc1ccc(Nc2ccccc2F)cc1C(F)(F)F. The van der Waals surface area contributed by atoms with Gasteiger partial charge in [0.15, 0.2) is 0 Å². The van der Waals surface area contributed by atoms with E-state index in [1.807, 2.05) is 0 Å². The highest BCUT2D eigenvalue weighted by Crippen LogP contribution is 2.34. The maximum absolute atomic E-state index is 13.4. The van der Waals surface area contributed by atoms with Crippen molar-refractivity contribution >= 4 is 11.4 Å². The number of nitrogens with zero attached hydrogens (tertiary/aromatic N) is 1. The zero-order chi connectivity index (χ0) is 14.8. The van der Waals surface area contributed by atoms with Crippen LogP contribution in [0.2, 0.25) is 0 Å². The second-order valence-corrected chi connectivity index (χ2v) is 3.97. The number of para-hydroxylation sites is 1. The van der Waals surface area contributed by atoms with Crippen molar-refractivity contribution in [3.05, 3.63) is 59.4 Å². The second kappa shape index (κ2) is 5.21. The predicted octanol–water partition coefficient (Wildman–Crippen LogP) is 4.46. The molecule has 0 fully saturated rings. The molecule has 0 saturated heterocycles. The normalized spacial score (nSPS) is 10.9. The number of hydrogen-bond acceptors (Lipinski definition) is 2. The Morgan fingerprint density at radius 2 is 1.75 bits per heavy atom. The summed E-state index contributed by atoms with van der Waals surface area (Å²) in [6.45, 7) is 0. The number of halogens is 4. The molecule has 0 aliphatic rings. The molecule has 0 radical (unpaired) electrons. The fourth-order valence-corrected chi connectivity index (χ4v) is 1.67. The van der Waals surface area contributed by atoms with E-state index in [9.17, 15) is 17.6 Å². The molecule has 2 aromatic carbocycles. The minimum atomic E-state index is -4.64. The molecule has 0 bridgehead atoms. The van der Waals surface area contributed by atoms with Gasteiger partial charge in [0, 0.05) is 5.69 Å². The molecule has 0 spiro atoms. The van der Waals surface area contributed by atoms with Crippen LogP contribution in [0.4, 0.5) is 28.9 Å². The van der Waals surface area contributed by atoms with Crippen LogP contribution in [0.3, 0.4) is 0 Å². The Morgan fingerprint density at radius 1 is 1.05 bits per heavy atom. The highest BCUT2D eigenvalue weighted by Gasteiger charge is 2.33. The van der Waals surface area contributed by atoms with Gasteiger partial charge in [-0.15, -0.1) is 0 Å². The van der Waals surface area contributed by atoms with Crippen LogP contribution in [0.1, 0.15) is 11.1 Å². The fraction of sp³-hybridized carbons (Fsp3) is 0.0714. The lowest BCUT2D eigenvalue weighted by atomic mass is 10.1. The summed E-state index contributed by atoms with van der Waals surface area (Å²) in [5, 5.41) is 11.2. The summed E-state index contributed by atoms with van der Waals surface area (Å²) < 4.78 is 51.8. The van der Waals surface area contributed by atoms with Crippen LogP contribution >= 0.6 is 0 Å². The van der Waals surface area contributed by atoms with Crippen molar-refractivity contribution < 1.29 is 17.6 Å². The first-order valence-corrected chi connectivity index (χ1v) is 5.54. The summed E-state index contributed by atoms with van der Waals surface area (Å²) in [6.07, 6.45) is -4.64. The van der Waals surface area contributed by atoms with Crippen molar-refractivity contribution in [2.45, 2.75) is 6.18 Å². The summed E-state index contributed by atoms with van der Waals surface area (Å²) >= 11 is 0. The van der Waals surface area contributed by atoms with Gasteiger partial charge in [0.1, 0.15) is 5.82 Å². The molecule has 0 aliphatic heterocycles. The predicted molar refractivity (Wildman–Crippen MR) is 65.8 cm³/mol. The van der Waals surface area contributed by atoms with Crippen molar-refractivity contribution in [1.82, 2.24) is 0 Å². The van der Waals surface area contributed by atoms with Gasteiger partial charge in [-0.05, 0) is 30.3 Å². The highest BCUT2D eigenvalue weighted by atomic mass is 19.4. The standard InChI is InChI=1S/C14H8F4N2/c15-12-3-1-2-4-13(12)20-10-6-5-9(8-19)11(7-10)14(16,17)18/h1-7,20H. The van der Waals surface area contributed by atoms with Gasteiger partial charge in [0.25, 0.3) is 0 Å². The molecule has 102 valence electrons. The quantitative estimate of drug-likeness (QED) is 0.824. The molecule has 2 nitrogen and oxygen atoms in total. The third-order valence-electron chi connectivity index (χ3n) is 2.60. The van der Waals surface area contributed by atoms with Crippen LogP contribution in [-0.2, 0) is 6.18 Å². The molecule has 20 heavy (non-hydrogen) atoms. The molecular formula is C14H8F4N2. The summed E-state index contributed by atoms with van der Waals surface area (Å²) in [5.74, 6) is -0.578. The minimum absolute atomic E-state index is 0.0569. The first-order valence-electron chi connectivity index (χ1n) is 5.54. The molecule has 0 atom stereocenters. The van der Waals surface area contributed by atoms with Crippen LogP contribution < -0.4 is 5.32 Å². The molecule has 0 heterocycles. The van der Waals surface area contributed by atoms with Crippen LogP contribution in [0.25, 0.3) is 0 Å². The van der Waals surface area contributed by atoms with E-state index in [1.54, 1.807) is 6.07 Å². The van der Waals surface area contributed by atoms with Gasteiger partial charge < -0.3 is 5.32 Å². The zero-order valence-corrected chi connectivity index (χ0v) is 10.0. The number of rotatable bonds is 2. The van der Waals surface area contributed by atoms with Gasteiger partial charge >= 0.3 is 6.18 Å². The Bertz CT molecular complexity index is 672. The Labute approximate surface area is 112 Å². The average Bonchev–Trinajstić information content (AvgIpc) is 2.40. The van der Waals surface area contributed by atoms with Crippen LogP contribution in [0.15, 0.2) is 42.5 Å². The largest absolute Gasteiger partial charge is 0.417 e. The molecule has 0 aromatic heterocycles. The maximum Gasteiger partial charge on any atom is 0.417 e. The molecule has 0 saturated carbocycles. The van der Waals surface area contributed by atoms with Crippen LogP contribution in [0.5, 0.6) is 0 Å². The van der Waals surface area contributed by atoms with Crippen molar-refractivity contribution in [2.24, 2.45) is 0 Å². The molecular weight excluding hydrogens is 272 g/mol. The number of anilines is 2. The first-order chi connectivity index (χ1) is 9.41. The van der Waals surface area contributed by atoms with Crippen molar-refractivity contribution in [1.29, 1.82) is 5.26 Å². The van der Waals surface area contributed by atoms with E-state index in [2.05, 4.69) is 5.32 Å². The fourth-order valence-electron chi connectivity index (χ4n) is 1.67. The Hall–Kier alpha value is -2.55. The van der Waals surface area contributed by atoms with E-state index >= 15 is 0 Å². The van der Waals surface area contributed by atoms with Crippen molar-refractivity contribution in [2.75, 3.05) is 5.32 Å². The monoisotopic (exact) mass is 280 g/mol. The summed E-state index contributed by atoms with van der Waals surface area (Å²) in [6, 6.07) is 10.2. The van der Waals surface area contributed by atoms with E-state index in [0.717, 1.165) is 12.1 Å². The maximum atomic E-state index is 13.4. The molecule has 2 rings (SSSR count).